The average Bonchev–Trinajstić information content (AvgIpc) is 3.47. The van der Waals surface area contributed by atoms with Gasteiger partial charge in [-0.1, -0.05) is 42.5 Å². The lowest BCUT2D eigenvalue weighted by molar-refractivity contribution is 0.0745. The molecule has 1 aliphatic heterocycles. The Labute approximate surface area is 209 Å². The highest BCUT2D eigenvalue weighted by atomic mass is 16.5. The molecule has 0 spiro atoms. The summed E-state index contributed by atoms with van der Waals surface area (Å²) in [6.07, 6.45) is 0.650. The van der Waals surface area contributed by atoms with Crippen molar-refractivity contribution in [3.63, 3.8) is 0 Å². The maximum absolute atomic E-state index is 13.6. The minimum atomic E-state index is -0.455. The Morgan fingerprint density at radius 2 is 1.61 bits per heavy atom. The molecule has 0 aliphatic carbocycles. The first-order chi connectivity index (χ1) is 17.5. The number of aromatic nitrogens is 2. The predicted molar refractivity (Wildman–Crippen MR) is 135 cm³/mol. The lowest BCUT2D eigenvalue weighted by atomic mass is 9.95. The number of carbonyl (C=O) groups excluding carboxylic acids is 1. The molecule has 184 valence electrons. The van der Waals surface area contributed by atoms with Gasteiger partial charge in [-0.25, -0.2) is 0 Å². The second kappa shape index (κ2) is 9.65. The fourth-order valence-electron chi connectivity index (χ4n) is 4.70. The lowest BCUT2D eigenvalue weighted by Crippen LogP contribution is -2.31. The second-order valence-electron chi connectivity index (χ2n) is 8.50. The van der Waals surface area contributed by atoms with E-state index >= 15 is 0 Å². The van der Waals surface area contributed by atoms with E-state index in [0.717, 1.165) is 28.0 Å². The number of H-pyrrole nitrogens is 1. The van der Waals surface area contributed by atoms with E-state index < -0.39 is 6.04 Å². The van der Waals surface area contributed by atoms with Crippen molar-refractivity contribution < 1.29 is 24.1 Å². The van der Waals surface area contributed by atoms with Crippen molar-refractivity contribution in [3.8, 4) is 34.3 Å². The average molecular weight is 486 g/mol. The van der Waals surface area contributed by atoms with Crippen LogP contribution in [0.2, 0.25) is 0 Å². The molecule has 1 aliphatic rings. The minimum Gasteiger partial charge on any atom is -0.502 e. The van der Waals surface area contributed by atoms with E-state index in [9.17, 15) is 9.90 Å². The van der Waals surface area contributed by atoms with E-state index in [1.165, 1.54) is 14.2 Å². The van der Waals surface area contributed by atoms with E-state index in [2.05, 4.69) is 10.2 Å². The van der Waals surface area contributed by atoms with Gasteiger partial charge in [0.25, 0.3) is 5.91 Å². The van der Waals surface area contributed by atoms with Crippen LogP contribution < -0.4 is 14.2 Å². The minimum absolute atomic E-state index is 0.0893. The predicted octanol–water partition coefficient (Wildman–Crippen LogP) is 4.60. The molecular formula is C28H27N3O5. The third-order valence-electron chi connectivity index (χ3n) is 6.53. The van der Waals surface area contributed by atoms with Crippen LogP contribution in [0.4, 0.5) is 0 Å². The van der Waals surface area contributed by atoms with Crippen molar-refractivity contribution in [1.82, 2.24) is 15.1 Å². The molecular weight excluding hydrogens is 458 g/mol. The number of methoxy groups -OCH3 is 3. The van der Waals surface area contributed by atoms with E-state index in [1.807, 2.05) is 59.5 Å². The number of phenols is 1. The number of hydrogen-bond donors (Lipinski definition) is 2. The van der Waals surface area contributed by atoms with Crippen molar-refractivity contribution in [2.45, 2.75) is 12.5 Å². The molecule has 8 heteroatoms. The number of carbonyl (C=O) groups is 1. The summed E-state index contributed by atoms with van der Waals surface area (Å²) in [5.74, 6) is 1.10. The van der Waals surface area contributed by atoms with Crippen LogP contribution in [0.25, 0.3) is 11.3 Å². The molecule has 3 aromatic carbocycles. The molecule has 0 saturated carbocycles. The SMILES string of the molecule is COc1ccc(CCN2C(=O)c3[nH]nc(-c4ccccc4)c3C2c2cc(OC)c(O)c(OC)c2)cc1. The van der Waals surface area contributed by atoms with Crippen LogP contribution in [0.1, 0.15) is 33.2 Å². The van der Waals surface area contributed by atoms with Crippen molar-refractivity contribution in [3.05, 3.63) is 89.1 Å². The van der Waals surface area contributed by atoms with Crippen LogP contribution >= 0.6 is 0 Å². The van der Waals surface area contributed by atoms with Crippen molar-refractivity contribution in [2.24, 2.45) is 0 Å². The fourth-order valence-corrected chi connectivity index (χ4v) is 4.70. The summed E-state index contributed by atoms with van der Waals surface area (Å²) in [6, 6.07) is 20.6. The van der Waals surface area contributed by atoms with E-state index in [-0.39, 0.29) is 23.2 Å². The highest BCUT2D eigenvalue weighted by molar-refractivity contribution is 6.00. The monoisotopic (exact) mass is 485 g/mol. The smallest absolute Gasteiger partial charge is 0.273 e. The van der Waals surface area contributed by atoms with Gasteiger partial charge in [-0.2, -0.15) is 5.10 Å². The van der Waals surface area contributed by atoms with Gasteiger partial charge >= 0.3 is 0 Å². The Morgan fingerprint density at radius 1 is 0.944 bits per heavy atom. The van der Waals surface area contributed by atoms with Crippen LogP contribution in [0.3, 0.4) is 0 Å². The number of phenolic OH excluding ortho intramolecular Hbond substituents is 1. The van der Waals surface area contributed by atoms with Crippen LogP contribution in [-0.4, -0.2) is 54.0 Å². The largest absolute Gasteiger partial charge is 0.502 e. The van der Waals surface area contributed by atoms with Crippen LogP contribution in [0, 0.1) is 0 Å². The molecule has 0 saturated heterocycles. The molecule has 1 atom stereocenters. The molecule has 1 amide bonds. The van der Waals surface area contributed by atoms with E-state index in [4.69, 9.17) is 14.2 Å². The molecule has 5 rings (SSSR count). The molecule has 2 heterocycles. The molecule has 0 fully saturated rings. The summed E-state index contributed by atoms with van der Waals surface area (Å²) in [5.41, 5.74) is 4.70. The third kappa shape index (κ3) is 4.00. The standard InChI is InChI=1S/C28H27N3O5/c1-34-20-11-9-17(10-12-20)13-14-31-26(19-15-21(35-2)27(32)22(16-19)36-3)23-24(18-7-5-4-6-8-18)29-30-25(23)28(31)33/h4-12,15-16,26,32H,13-14H2,1-3H3,(H,29,30). The molecule has 2 N–H and O–H groups in total. The number of aromatic amines is 1. The van der Waals surface area contributed by atoms with Gasteiger partial charge < -0.3 is 24.2 Å². The topological polar surface area (TPSA) is 96.9 Å². The summed E-state index contributed by atoms with van der Waals surface area (Å²) >= 11 is 0. The Balaban J connectivity index is 1.60. The molecule has 4 aromatic rings. The number of amides is 1. The third-order valence-corrected chi connectivity index (χ3v) is 6.53. The van der Waals surface area contributed by atoms with Crippen LogP contribution in [-0.2, 0) is 6.42 Å². The number of aromatic hydroxyl groups is 1. The molecule has 1 unspecified atom stereocenters. The van der Waals surface area contributed by atoms with Gasteiger partial charge in [-0.3, -0.25) is 9.89 Å². The number of fused-ring (bicyclic) bond motifs is 1. The molecule has 0 radical (unpaired) electrons. The quantitative estimate of drug-likeness (QED) is 0.379. The van der Waals surface area contributed by atoms with Crippen molar-refractivity contribution >= 4 is 5.91 Å². The first-order valence-electron chi connectivity index (χ1n) is 11.6. The zero-order valence-corrected chi connectivity index (χ0v) is 20.3. The van der Waals surface area contributed by atoms with E-state index in [0.29, 0.717) is 24.4 Å². The Hall–Kier alpha value is -4.46. The zero-order chi connectivity index (χ0) is 25.2. The van der Waals surface area contributed by atoms with E-state index in [1.54, 1.807) is 19.2 Å². The van der Waals surface area contributed by atoms with Crippen LogP contribution in [0.5, 0.6) is 23.0 Å². The van der Waals surface area contributed by atoms with Gasteiger partial charge in [0.05, 0.1) is 33.1 Å². The van der Waals surface area contributed by atoms with Crippen molar-refractivity contribution in [2.75, 3.05) is 27.9 Å². The first kappa shape index (κ1) is 23.3. The van der Waals surface area contributed by atoms with Gasteiger partial charge in [-0.15, -0.1) is 0 Å². The maximum Gasteiger partial charge on any atom is 0.273 e. The number of benzene rings is 3. The number of ether oxygens (including phenoxy) is 3. The Morgan fingerprint density at radius 3 is 2.22 bits per heavy atom. The molecule has 1 aromatic heterocycles. The van der Waals surface area contributed by atoms with Gasteiger partial charge in [-0.05, 0) is 41.8 Å². The molecule has 0 bridgehead atoms. The molecule has 8 nitrogen and oxygen atoms in total. The fraction of sp³-hybridized carbons (Fsp3) is 0.214. The number of rotatable bonds is 8. The number of nitrogens with one attached hydrogen (secondary N) is 1. The lowest BCUT2D eigenvalue weighted by Gasteiger charge is -2.27. The Bertz CT molecular complexity index is 1360. The highest BCUT2D eigenvalue weighted by Gasteiger charge is 2.42. The van der Waals surface area contributed by atoms with Gasteiger partial charge in [0.1, 0.15) is 11.4 Å². The number of hydrogen-bond acceptors (Lipinski definition) is 6. The summed E-state index contributed by atoms with van der Waals surface area (Å²) in [7, 11) is 4.60. The van der Waals surface area contributed by atoms with Crippen molar-refractivity contribution in [1.29, 1.82) is 0 Å². The van der Waals surface area contributed by atoms with Gasteiger partial charge in [0.15, 0.2) is 11.5 Å². The highest BCUT2D eigenvalue weighted by Crippen LogP contribution is 2.47. The van der Waals surface area contributed by atoms with Gasteiger partial charge in [0, 0.05) is 17.7 Å². The summed E-state index contributed by atoms with van der Waals surface area (Å²) in [6.45, 7) is 0.470. The first-order valence-corrected chi connectivity index (χ1v) is 11.6. The summed E-state index contributed by atoms with van der Waals surface area (Å²) in [5, 5.41) is 18.0. The normalized spacial score (nSPS) is 14.6. The second-order valence-corrected chi connectivity index (χ2v) is 8.50. The maximum atomic E-state index is 13.6. The summed E-state index contributed by atoms with van der Waals surface area (Å²) < 4.78 is 16.1. The zero-order valence-electron chi connectivity index (χ0n) is 20.3. The van der Waals surface area contributed by atoms with Crippen LogP contribution in [0.15, 0.2) is 66.7 Å². The number of nitrogens with zero attached hydrogens (tertiary/aromatic N) is 2. The Kier molecular flexibility index (Phi) is 6.25. The van der Waals surface area contributed by atoms with Gasteiger partial charge in [0.2, 0.25) is 5.75 Å². The summed E-state index contributed by atoms with van der Waals surface area (Å²) in [4.78, 5) is 15.5. The molecule has 36 heavy (non-hydrogen) atoms.